The van der Waals surface area contributed by atoms with Gasteiger partial charge < -0.3 is 9.47 Å². The van der Waals surface area contributed by atoms with Crippen LogP contribution in [0.4, 0.5) is 17.6 Å². The van der Waals surface area contributed by atoms with Crippen LogP contribution in [0.1, 0.15) is 75.1 Å². The lowest BCUT2D eigenvalue weighted by atomic mass is 9.80. The highest BCUT2D eigenvalue weighted by Crippen LogP contribution is 2.32. The molecular formula is C26H30F4O3. The Morgan fingerprint density at radius 2 is 1.48 bits per heavy atom. The Morgan fingerprint density at radius 1 is 0.848 bits per heavy atom. The van der Waals surface area contributed by atoms with Crippen LogP contribution in [-0.2, 0) is 0 Å². The molecule has 1 saturated carbocycles. The van der Waals surface area contributed by atoms with Crippen molar-refractivity contribution >= 4 is 5.97 Å². The van der Waals surface area contributed by atoms with Crippen molar-refractivity contribution in [2.24, 2.45) is 11.8 Å². The van der Waals surface area contributed by atoms with Crippen molar-refractivity contribution in [2.75, 3.05) is 6.61 Å². The molecule has 0 atom stereocenters. The number of hydrogen-bond acceptors (Lipinski definition) is 3. The summed E-state index contributed by atoms with van der Waals surface area (Å²) in [4.78, 5) is 12.2. The summed E-state index contributed by atoms with van der Waals surface area (Å²) in [6.45, 7) is 2.70. The minimum Gasteiger partial charge on any atom is -0.493 e. The van der Waals surface area contributed by atoms with E-state index in [4.69, 9.17) is 9.47 Å². The third-order valence-corrected chi connectivity index (χ3v) is 6.25. The average molecular weight is 467 g/mol. The average Bonchev–Trinajstić information content (AvgIpc) is 2.79. The zero-order valence-corrected chi connectivity index (χ0v) is 18.8. The first kappa shape index (κ1) is 25.1. The number of benzene rings is 2. The van der Waals surface area contributed by atoms with Gasteiger partial charge in [0.05, 0.1) is 12.2 Å². The molecule has 1 aliphatic carbocycles. The lowest BCUT2D eigenvalue weighted by Gasteiger charge is -2.28. The van der Waals surface area contributed by atoms with Crippen molar-refractivity contribution in [3.63, 3.8) is 0 Å². The molecule has 0 aromatic heterocycles. The molecule has 0 spiro atoms. The Labute approximate surface area is 192 Å². The molecule has 0 unspecified atom stereocenters. The number of carbonyl (C=O) groups excluding carboxylic acids is 1. The lowest BCUT2D eigenvalue weighted by molar-refractivity contribution is 0.0728. The van der Waals surface area contributed by atoms with Crippen LogP contribution in [0.3, 0.4) is 0 Å². The maximum atomic E-state index is 14.4. The standard InChI is InChI=1S/C26H30F4O3/c1-2-3-4-5-6-17-7-9-18(10-8-17)16-32-19-11-12-21(22(27)13-19)26(31)33-20-14-23(28)25(30)24(29)15-20/h11-15,17-18H,2-10,16H2,1H3/t17-,18-. The van der Waals surface area contributed by atoms with Crippen molar-refractivity contribution in [3.8, 4) is 11.5 Å². The SMILES string of the molecule is CCCCCC[C@H]1CC[C@H](COc2ccc(C(=O)Oc3cc(F)c(F)c(F)c3)c(F)c2)CC1. The Kier molecular flexibility index (Phi) is 9.15. The van der Waals surface area contributed by atoms with Crippen molar-refractivity contribution in [3.05, 3.63) is 59.2 Å². The summed E-state index contributed by atoms with van der Waals surface area (Å²) < 4.78 is 64.5. The minimum absolute atomic E-state index is 0.296. The summed E-state index contributed by atoms with van der Waals surface area (Å²) in [5.41, 5.74) is -0.420. The fourth-order valence-corrected chi connectivity index (χ4v) is 4.27. The Morgan fingerprint density at radius 3 is 2.12 bits per heavy atom. The van der Waals surface area contributed by atoms with Crippen molar-refractivity contribution < 1.29 is 31.8 Å². The molecule has 2 aromatic carbocycles. The zero-order chi connectivity index (χ0) is 23.8. The van der Waals surface area contributed by atoms with Gasteiger partial charge in [-0.2, -0.15) is 0 Å². The van der Waals surface area contributed by atoms with Crippen LogP contribution < -0.4 is 9.47 Å². The van der Waals surface area contributed by atoms with E-state index in [2.05, 4.69) is 6.92 Å². The lowest BCUT2D eigenvalue weighted by Crippen LogP contribution is -2.20. The van der Waals surface area contributed by atoms with Gasteiger partial charge >= 0.3 is 5.97 Å². The number of ether oxygens (including phenoxy) is 2. The number of rotatable bonds is 10. The fourth-order valence-electron chi connectivity index (χ4n) is 4.27. The molecule has 0 aliphatic heterocycles. The molecule has 7 heteroatoms. The molecule has 2 aromatic rings. The van der Waals surface area contributed by atoms with E-state index in [1.165, 1.54) is 57.1 Å². The van der Waals surface area contributed by atoms with Gasteiger partial charge in [-0.05, 0) is 36.8 Å². The molecule has 0 bridgehead atoms. The van der Waals surface area contributed by atoms with Crippen LogP contribution >= 0.6 is 0 Å². The molecule has 0 amide bonds. The first-order chi connectivity index (χ1) is 15.9. The van der Waals surface area contributed by atoms with E-state index >= 15 is 0 Å². The third-order valence-electron chi connectivity index (χ3n) is 6.25. The second-order valence-corrected chi connectivity index (χ2v) is 8.78. The minimum atomic E-state index is -1.68. The maximum absolute atomic E-state index is 14.4. The fraction of sp³-hybridized carbons (Fsp3) is 0.500. The topological polar surface area (TPSA) is 35.5 Å². The van der Waals surface area contributed by atoms with Gasteiger partial charge in [-0.25, -0.2) is 22.4 Å². The molecule has 0 N–H and O–H groups in total. The van der Waals surface area contributed by atoms with E-state index in [1.54, 1.807) is 0 Å². The van der Waals surface area contributed by atoms with Gasteiger partial charge in [-0.3, -0.25) is 0 Å². The van der Waals surface area contributed by atoms with Crippen LogP contribution in [0, 0.1) is 35.1 Å². The van der Waals surface area contributed by atoms with Crippen molar-refractivity contribution in [2.45, 2.75) is 64.7 Å². The van der Waals surface area contributed by atoms with Gasteiger partial charge in [0, 0.05) is 18.2 Å². The number of esters is 1. The third kappa shape index (κ3) is 7.21. The molecule has 3 rings (SSSR count). The first-order valence-electron chi connectivity index (χ1n) is 11.7. The maximum Gasteiger partial charge on any atom is 0.346 e. The van der Waals surface area contributed by atoms with E-state index in [1.807, 2.05) is 0 Å². The zero-order valence-electron chi connectivity index (χ0n) is 18.8. The highest BCUT2D eigenvalue weighted by atomic mass is 19.2. The van der Waals surface area contributed by atoms with Gasteiger partial charge in [0.2, 0.25) is 0 Å². The predicted molar refractivity (Wildman–Crippen MR) is 117 cm³/mol. The molecule has 180 valence electrons. The van der Waals surface area contributed by atoms with Gasteiger partial charge in [0.1, 0.15) is 17.3 Å². The van der Waals surface area contributed by atoms with Crippen LogP contribution in [0.15, 0.2) is 30.3 Å². The van der Waals surface area contributed by atoms with E-state index in [0.717, 1.165) is 24.8 Å². The molecule has 0 radical (unpaired) electrons. The van der Waals surface area contributed by atoms with Crippen LogP contribution in [0.25, 0.3) is 0 Å². The van der Waals surface area contributed by atoms with E-state index in [-0.39, 0.29) is 0 Å². The van der Waals surface area contributed by atoms with Crippen molar-refractivity contribution in [1.29, 1.82) is 0 Å². The first-order valence-corrected chi connectivity index (χ1v) is 11.7. The number of unbranched alkanes of at least 4 members (excludes halogenated alkanes) is 3. The monoisotopic (exact) mass is 466 g/mol. The quantitative estimate of drug-likeness (QED) is 0.119. The van der Waals surface area contributed by atoms with Gasteiger partial charge in [-0.1, -0.05) is 51.9 Å². The molecular weight excluding hydrogens is 436 g/mol. The van der Waals surface area contributed by atoms with Gasteiger partial charge in [0.15, 0.2) is 17.5 Å². The van der Waals surface area contributed by atoms with Gasteiger partial charge in [0.25, 0.3) is 0 Å². The molecule has 0 heterocycles. The van der Waals surface area contributed by atoms with Crippen LogP contribution in [0.2, 0.25) is 0 Å². The van der Waals surface area contributed by atoms with E-state index < -0.39 is 40.6 Å². The summed E-state index contributed by atoms with van der Waals surface area (Å²) >= 11 is 0. The molecule has 0 saturated heterocycles. The van der Waals surface area contributed by atoms with E-state index in [0.29, 0.717) is 30.4 Å². The second-order valence-electron chi connectivity index (χ2n) is 8.78. The Hall–Kier alpha value is -2.57. The number of carbonyl (C=O) groups is 1. The Balaban J connectivity index is 1.47. The van der Waals surface area contributed by atoms with Gasteiger partial charge in [-0.15, -0.1) is 0 Å². The highest BCUT2D eigenvalue weighted by molar-refractivity contribution is 5.91. The van der Waals surface area contributed by atoms with Crippen LogP contribution in [0.5, 0.6) is 11.5 Å². The number of hydrogen-bond donors (Lipinski definition) is 0. The summed E-state index contributed by atoms with van der Waals surface area (Å²) in [6, 6.07) is 4.76. The second kappa shape index (κ2) is 12.1. The largest absolute Gasteiger partial charge is 0.493 e. The summed E-state index contributed by atoms with van der Waals surface area (Å²) in [6.07, 6.45) is 11.1. The molecule has 3 nitrogen and oxygen atoms in total. The Bertz CT molecular complexity index is 916. The van der Waals surface area contributed by atoms with E-state index in [9.17, 15) is 22.4 Å². The summed E-state index contributed by atoms with van der Waals surface area (Å²) in [5.74, 6) is -5.76. The smallest absolute Gasteiger partial charge is 0.346 e. The summed E-state index contributed by atoms with van der Waals surface area (Å²) in [7, 11) is 0. The number of halogens is 4. The highest BCUT2D eigenvalue weighted by Gasteiger charge is 2.22. The normalized spacial score (nSPS) is 18.2. The molecule has 1 fully saturated rings. The van der Waals surface area contributed by atoms with Crippen LogP contribution in [-0.4, -0.2) is 12.6 Å². The molecule has 33 heavy (non-hydrogen) atoms. The predicted octanol–water partition coefficient (Wildman–Crippen LogP) is 7.62. The molecule has 1 aliphatic rings. The summed E-state index contributed by atoms with van der Waals surface area (Å²) in [5, 5.41) is 0. The van der Waals surface area contributed by atoms with Crippen molar-refractivity contribution in [1.82, 2.24) is 0 Å².